The molecule has 0 spiro atoms. The molecule has 27 heavy (non-hydrogen) atoms. The topological polar surface area (TPSA) is 86.0 Å². The van der Waals surface area contributed by atoms with Crippen LogP contribution in [-0.4, -0.2) is 33.7 Å². The molecule has 1 fully saturated rings. The monoisotopic (exact) mass is 381 g/mol. The number of likely N-dealkylation sites (tertiary alicyclic amines) is 1. The molecule has 0 saturated carbocycles. The van der Waals surface area contributed by atoms with Crippen molar-refractivity contribution in [3.05, 3.63) is 68.0 Å². The molecule has 0 radical (unpaired) electrons. The average molecular weight is 381 g/mol. The Hall–Kier alpha value is -2.68. The van der Waals surface area contributed by atoms with E-state index in [0.717, 1.165) is 12.1 Å². The molecule has 144 valence electrons. The van der Waals surface area contributed by atoms with Crippen LogP contribution in [0, 0.1) is 5.92 Å². The minimum Gasteiger partial charge on any atom is -0.314 e. The predicted molar refractivity (Wildman–Crippen MR) is 91.5 cm³/mol. The van der Waals surface area contributed by atoms with Gasteiger partial charge >= 0.3 is 11.9 Å². The number of carbonyl (C=O) groups excluding carboxylic acids is 1. The molecule has 0 aliphatic carbocycles. The van der Waals surface area contributed by atoms with Crippen molar-refractivity contribution in [2.24, 2.45) is 5.92 Å². The Morgan fingerprint density at radius 2 is 2.04 bits per heavy atom. The van der Waals surface area contributed by atoms with Crippen LogP contribution in [0.15, 0.2) is 40.1 Å². The van der Waals surface area contributed by atoms with E-state index in [1.165, 1.54) is 18.3 Å². The number of hydrogen-bond acceptors (Lipinski definition) is 4. The summed E-state index contributed by atoms with van der Waals surface area (Å²) >= 11 is 0. The van der Waals surface area contributed by atoms with Crippen LogP contribution in [0.25, 0.3) is 0 Å². The lowest BCUT2D eigenvalue weighted by Gasteiger charge is -2.31. The first-order valence-electron chi connectivity index (χ1n) is 8.49. The van der Waals surface area contributed by atoms with E-state index >= 15 is 0 Å². The summed E-state index contributed by atoms with van der Waals surface area (Å²) in [6, 6.07) is 4.44. The standard InChI is InChI=1S/C18H18F3N3O3/c19-18(20,21)14-5-1-3-11(7-14)15(25)12-4-2-6-24(9-12)10-13-8-22-17(27)23-16(13)26/h1,3,5,7-8,12H,2,4,6,9-10H2,(H2,22,23,26,27). The second kappa shape index (κ2) is 7.51. The highest BCUT2D eigenvalue weighted by atomic mass is 19.4. The van der Waals surface area contributed by atoms with E-state index in [9.17, 15) is 27.6 Å². The van der Waals surface area contributed by atoms with E-state index in [0.29, 0.717) is 31.5 Å². The number of H-pyrrole nitrogens is 2. The molecule has 9 heteroatoms. The molecular weight excluding hydrogens is 363 g/mol. The van der Waals surface area contributed by atoms with Gasteiger partial charge in [-0.05, 0) is 31.5 Å². The van der Waals surface area contributed by atoms with Crippen LogP contribution in [0.5, 0.6) is 0 Å². The van der Waals surface area contributed by atoms with E-state index in [4.69, 9.17) is 0 Å². The third-order valence-corrected chi connectivity index (χ3v) is 4.64. The number of aromatic amines is 2. The lowest BCUT2D eigenvalue weighted by atomic mass is 9.89. The smallest absolute Gasteiger partial charge is 0.314 e. The van der Waals surface area contributed by atoms with Crippen molar-refractivity contribution in [3.63, 3.8) is 0 Å². The molecule has 1 aliphatic rings. The summed E-state index contributed by atoms with van der Waals surface area (Å²) in [5, 5.41) is 0. The second-order valence-electron chi connectivity index (χ2n) is 6.61. The van der Waals surface area contributed by atoms with Gasteiger partial charge in [-0.25, -0.2) is 4.79 Å². The molecule has 2 heterocycles. The second-order valence-corrected chi connectivity index (χ2v) is 6.61. The van der Waals surface area contributed by atoms with Crippen LogP contribution in [-0.2, 0) is 12.7 Å². The Kier molecular flexibility index (Phi) is 5.31. The number of halogens is 3. The zero-order valence-electron chi connectivity index (χ0n) is 14.3. The molecule has 2 aromatic rings. The fourth-order valence-electron chi connectivity index (χ4n) is 3.29. The van der Waals surface area contributed by atoms with Crippen molar-refractivity contribution in [3.8, 4) is 0 Å². The number of benzene rings is 1. The first-order valence-corrected chi connectivity index (χ1v) is 8.49. The van der Waals surface area contributed by atoms with Gasteiger partial charge in [0.1, 0.15) is 0 Å². The SMILES string of the molecule is O=C(c1cccc(C(F)(F)F)c1)C1CCCN(Cc2c[nH]c(=O)[nH]c2=O)C1. The Bertz CT molecular complexity index is 949. The summed E-state index contributed by atoms with van der Waals surface area (Å²) in [5.74, 6) is -0.773. The van der Waals surface area contributed by atoms with Crippen LogP contribution in [0.1, 0.15) is 34.3 Å². The van der Waals surface area contributed by atoms with Crippen LogP contribution in [0.4, 0.5) is 13.2 Å². The maximum atomic E-state index is 12.9. The lowest BCUT2D eigenvalue weighted by Crippen LogP contribution is -2.40. The number of rotatable bonds is 4. The molecule has 1 saturated heterocycles. The molecule has 0 amide bonds. The normalized spacial score (nSPS) is 18.4. The van der Waals surface area contributed by atoms with Gasteiger partial charge in [-0.3, -0.25) is 19.5 Å². The molecule has 1 aliphatic heterocycles. The van der Waals surface area contributed by atoms with Crippen LogP contribution in [0.3, 0.4) is 0 Å². The maximum absolute atomic E-state index is 12.9. The van der Waals surface area contributed by atoms with Crippen molar-refractivity contribution in [1.82, 2.24) is 14.9 Å². The van der Waals surface area contributed by atoms with Crippen molar-refractivity contribution >= 4 is 5.78 Å². The third kappa shape index (κ3) is 4.54. The lowest BCUT2D eigenvalue weighted by molar-refractivity contribution is -0.137. The molecule has 1 unspecified atom stereocenters. The highest BCUT2D eigenvalue weighted by Crippen LogP contribution is 2.30. The summed E-state index contributed by atoms with van der Waals surface area (Å²) in [4.78, 5) is 42.0. The number of ketones is 1. The van der Waals surface area contributed by atoms with Gasteiger partial charge in [-0.1, -0.05) is 12.1 Å². The summed E-state index contributed by atoms with van der Waals surface area (Å²) in [7, 11) is 0. The minimum atomic E-state index is -4.50. The van der Waals surface area contributed by atoms with Crippen molar-refractivity contribution in [1.29, 1.82) is 0 Å². The Morgan fingerprint density at radius 3 is 2.74 bits per heavy atom. The first kappa shape index (κ1) is 19.1. The highest BCUT2D eigenvalue weighted by Gasteiger charge is 2.32. The largest absolute Gasteiger partial charge is 0.416 e. The molecule has 0 bridgehead atoms. The number of piperidine rings is 1. The van der Waals surface area contributed by atoms with Crippen LogP contribution < -0.4 is 11.2 Å². The third-order valence-electron chi connectivity index (χ3n) is 4.64. The average Bonchev–Trinajstić information content (AvgIpc) is 2.63. The van der Waals surface area contributed by atoms with E-state index in [1.54, 1.807) is 0 Å². The number of nitrogens with zero attached hydrogens (tertiary/aromatic N) is 1. The van der Waals surface area contributed by atoms with Gasteiger partial charge in [0, 0.05) is 36.3 Å². The number of nitrogens with one attached hydrogen (secondary N) is 2. The van der Waals surface area contributed by atoms with Gasteiger partial charge in [0.05, 0.1) is 5.56 Å². The Labute approximate surface area is 152 Å². The molecule has 2 N–H and O–H groups in total. The number of carbonyl (C=O) groups is 1. The predicted octanol–water partition coefficient (Wildman–Crippen LogP) is 2.18. The Balaban J connectivity index is 1.73. The quantitative estimate of drug-likeness (QED) is 0.795. The Morgan fingerprint density at radius 1 is 1.26 bits per heavy atom. The summed E-state index contributed by atoms with van der Waals surface area (Å²) in [6.45, 7) is 1.25. The van der Waals surface area contributed by atoms with Crippen molar-refractivity contribution < 1.29 is 18.0 Å². The van der Waals surface area contributed by atoms with Gasteiger partial charge in [0.25, 0.3) is 5.56 Å². The highest BCUT2D eigenvalue weighted by molar-refractivity contribution is 5.98. The number of hydrogen-bond donors (Lipinski definition) is 2. The first-order chi connectivity index (χ1) is 12.7. The molecule has 1 aromatic heterocycles. The molecule has 6 nitrogen and oxygen atoms in total. The summed E-state index contributed by atoms with van der Waals surface area (Å²) < 4.78 is 38.6. The van der Waals surface area contributed by atoms with E-state index in [2.05, 4.69) is 9.97 Å². The molecule has 1 atom stereocenters. The number of alkyl halides is 3. The minimum absolute atomic E-state index is 0.0403. The molecule has 3 rings (SSSR count). The fraction of sp³-hybridized carbons (Fsp3) is 0.389. The number of Topliss-reactive ketones (excluding diaryl/α,β-unsaturated/α-hetero) is 1. The molecule has 1 aromatic carbocycles. The summed E-state index contributed by atoms with van der Waals surface area (Å²) in [5.41, 5.74) is -1.54. The van der Waals surface area contributed by atoms with Crippen molar-refractivity contribution in [2.45, 2.75) is 25.6 Å². The van der Waals surface area contributed by atoms with E-state index < -0.39 is 28.9 Å². The van der Waals surface area contributed by atoms with Crippen LogP contribution >= 0.6 is 0 Å². The summed E-state index contributed by atoms with van der Waals surface area (Å²) in [6.07, 6.45) is -1.90. The van der Waals surface area contributed by atoms with Gasteiger partial charge in [-0.2, -0.15) is 13.2 Å². The van der Waals surface area contributed by atoms with Crippen molar-refractivity contribution in [2.75, 3.05) is 13.1 Å². The van der Waals surface area contributed by atoms with Gasteiger partial charge in [-0.15, -0.1) is 0 Å². The van der Waals surface area contributed by atoms with Gasteiger partial charge in [0.2, 0.25) is 0 Å². The number of aromatic nitrogens is 2. The van der Waals surface area contributed by atoms with Crippen LogP contribution in [0.2, 0.25) is 0 Å². The maximum Gasteiger partial charge on any atom is 0.416 e. The van der Waals surface area contributed by atoms with Gasteiger partial charge in [0.15, 0.2) is 5.78 Å². The fourth-order valence-corrected chi connectivity index (χ4v) is 3.29. The zero-order valence-corrected chi connectivity index (χ0v) is 14.3. The van der Waals surface area contributed by atoms with E-state index in [1.807, 2.05) is 4.90 Å². The zero-order chi connectivity index (χ0) is 19.6. The van der Waals surface area contributed by atoms with E-state index in [-0.39, 0.29) is 17.9 Å². The van der Waals surface area contributed by atoms with Gasteiger partial charge < -0.3 is 4.98 Å². The molecular formula is C18H18F3N3O3.